The number of nitrogens with one attached hydrogen (secondary N) is 1. The van der Waals surface area contributed by atoms with Crippen LogP contribution in [0.15, 0.2) is 48.5 Å². The molecule has 2 heteroatoms. The molecule has 0 unspecified atom stereocenters. The Balaban J connectivity index is 1.71. The monoisotopic (exact) mass is 278 g/mol. The van der Waals surface area contributed by atoms with E-state index < -0.39 is 0 Å². The van der Waals surface area contributed by atoms with Gasteiger partial charge in [-0.25, -0.2) is 0 Å². The predicted molar refractivity (Wildman–Crippen MR) is 89.7 cm³/mol. The first-order valence-corrected chi connectivity index (χ1v) is 8.10. The summed E-state index contributed by atoms with van der Waals surface area (Å²) in [6.45, 7) is 3.52. The van der Waals surface area contributed by atoms with Crippen molar-refractivity contribution in [2.45, 2.75) is 25.8 Å². The Labute approximate surface area is 125 Å². The highest BCUT2D eigenvalue weighted by molar-refractivity contribution is 6.07. The fraction of sp³-hybridized carbons (Fsp3) is 0.368. The van der Waals surface area contributed by atoms with Crippen LogP contribution in [-0.4, -0.2) is 17.7 Å². The van der Waals surface area contributed by atoms with Gasteiger partial charge in [-0.1, -0.05) is 36.4 Å². The lowest BCUT2D eigenvalue weighted by Crippen LogP contribution is -2.28. The number of fused-ring (bicyclic) bond motifs is 3. The smallest absolute Gasteiger partial charge is 0.0491 e. The average Bonchev–Trinajstić information content (AvgIpc) is 2.88. The summed E-state index contributed by atoms with van der Waals surface area (Å²) < 4.78 is 2.52. The van der Waals surface area contributed by atoms with Crippen molar-refractivity contribution in [3.05, 3.63) is 48.5 Å². The molecular weight excluding hydrogens is 256 g/mol. The lowest BCUT2D eigenvalue weighted by atomic mass is 9.95. The van der Waals surface area contributed by atoms with Crippen molar-refractivity contribution in [2.24, 2.45) is 5.92 Å². The summed E-state index contributed by atoms with van der Waals surface area (Å²) in [5.74, 6) is 0.881. The zero-order chi connectivity index (χ0) is 14.1. The Kier molecular flexibility index (Phi) is 3.40. The van der Waals surface area contributed by atoms with E-state index in [1.54, 1.807) is 0 Å². The Morgan fingerprint density at radius 3 is 2.05 bits per heavy atom. The van der Waals surface area contributed by atoms with Crippen molar-refractivity contribution in [2.75, 3.05) is 13.1 Å². The molecule has 1 N–H and O–H groups in total. The average molecular weight is 278 g/mol. The first-order chi connectivity index (χ1) is 10.4. The van der Waals surface area contributed by atoms with Crippen LogP contribution >= 0.6 is 0 Å². The lowest BCUT2D eigenvalue weighted by molar-refractivity contribution is 0.341. The molecule has 0 atom stereocenters. The first-order valence-electron chi connectivity index (χ1n) is 8.10. The van der Waals surface area contributed by atoms with E-state index in [1.165, 1.54) is 54.2 Å². The SMILES string of the molecule is c1ccc2c(c1)c1ccccc1n2CCC1CCNCC1. The van der Waals surface area contributed by atoms with Gasteiger partial charge in [0, 0.05) is 28.4 Å². The van der Waals surface area contributed by atoms with E-state index in [9.17, 15) is 0 Å². The van der Waals surface area contributed by atoms with E-state index in [0.717, 1.165) is 12.5 Å². The summed E-state index contributed by atoms with van der Waals surface area (Å²) in [5.41, 5.74) is 2.76. The molecule has 0 bridgehead atoms. The Bertz CT molecular complexity index is 697. The molecule has 3 aromatic rings. The van der Waals surface area contributed by atoms with Crippen molar-refractivity contribution in [1.29, 1.82) is 0 Å². The van der Waals surface area contributed by atoms with Gasteiger partial charge in [0.2, 0.25) is 0 Å². The van der Waals surface area contributed by atoms with Crippen LogP contribution in [0.3, 0.4) is 0 Å². The summed E-state index contributed by atoms with van der Waals surface area (Å²) in [5, 5.41) is 6.24. The van der Waals surface area contributed by atoms with Crippen LogP contribution in [0, 0.1) is 5.92 Å². The second kappa shape index (κ2) is 5.53. The summed E-state index contributed by atoms with van der Waals surface area (Å²) in [6, 6.07) is 17.6. The molecule has 1 saturated heterocycles. The fourth-order valence-electron chi connectivity index (χ4n) is 3.73. The van der Waals surface area contributed by atoms with E-state index in [2.05, 4.69) is 58.4 Å². The van der Waals surface area contributed by atoms with Crippen molar-refractivity contribution in [3.63, 3.8) is 0 Å². The number of aromatic nitrogens is 1. The van der Waals surface area contributed by atoms with Gasteiger partial charge >= 0.3 is 0 Å². The van der Waals surface area contributed by atoms with Gasteiger partial charge in [0.05, 0.1) is 0 Å². The van der Waals surface area contributed by atoms with Crippen LogP contribution in [-0.2, 0) is 6.54 Å². The standard InChI is InChI=1S/C19H22N2/c1-3-7-18-16(5-1)17-6-2-4-8-19(17)21(18)14-11-15-9-12-20-13-10-15/h1-8,15,20H,9-14H2. The summed E-state index contributed by atoms with van der Waals surface area (Å²) >= 11 is 0. The van der Waals surface area contributed by atoms with Crippen LogP contribution in [0.4, 0.5) is 0 Å². The second-order valence-electron chi connectivity index (χ2n) is 6.17. The van der Waals surface area contributed by atoms with Gasteiger partial charge in [0.15, 0.2) is 0 Å². The number of para-hydroxylation sites is 2. The van der Waals surface area contributed by atoms with E-state index in [0.29, 0.717) is 0 Å². The highest BCUT2D eigenvalue weighted by atomic mass is 15.0. The van der Waals surface area contributed by atoms with Gasteiger partial charge in [-0.2, -0.15) is 0 Å². The largest absolute Gasteiger partial charge is 0.340 e. The third-order valence-electron chi connectivity index (χ3n) is 4.90. The van der Waals surface area contributed by atoms with Gasteiger partial charge in [0.1, 0.15) is 0 Å². The minimum Gasteiger partial charge on any atom is -0.340 e. The zero-order valence-electron chi connectivity index (χ0n) is 12.4. The maximum atomic E-state index is 3.46. The summed E-state index contributed by atoms with van der Waals surface area (Å²) in [6.07, 6.45) is 3.96. The highest BCUT2D eigenvalue weighted by Crippen LogP contribution is 2.29. The molecule has 2 heterocycles. The molecule has 1 aromatic heterocycles. The third kappa shape index (κ3) is 2.34. The van der Waals surface area contributed by atoms with Gasteiger partial charge in [-0.3, -0.25) is 0 Å². The van der Waals surface area contributed by atoms with E-state index in [-0.39, 0.29) is 0 Å². The molecule has 108 valence electrons. The third-order valence-corrected chi connectivity index (χ3v) is 4.90. The molecule has 0 saturated carbocycles. The maximum absolute atomic E-state index is 3.46. The van der Waals surface area contributed by atoms with Crippen LogP contribution in [0.2, 0.25) is 0 Å². The molecule has 0 amide bonds. The lowest BCUT2D eigenvalue weighted by Gasteiger charge is -2.23. The second-order valence-corrected chi connectivity index (χ2v) is 6.17. The number of hydrogen-bond donors (Lipinski definition) is 1. The normalized spacial score (nSPS) is 16.8. The molecule has 0 spiro atoms. The summed E-state index contributed by atoms with van der Waals surface area (Å²) in [4.78, 5) is 0. The van der Waals surface area contributed by atoms with Gasteiger partial charge in [-0.05, 0) is 50.4 Å². The van der Waals surface area contributed by atoms with Gasteiger partial charge in [-0.15, -0.1) is 0 Å². The highest BCUT2D eigenvalue weighted by Gasteiger charge is 2.15. The molecule has 2 nitrogen and oxygen atoms in total. The van der Waals surface area contributed by atoms with Crippen molar-refractivity contribution in [3.8, 4) is 0 Å². The Morgan fingerprint density at radius 1 is 0.857 bits per heavy atom. The fourth-order valence-corrected chi connectivity index (χ4v) is 3.73. The van der Waals surface area contributed by atoms with Crippen LogP contribution in [0.1, 0.15) is 19.3 Å². The zero-order valence-corrected chi connectivity index (χ0v) is 12.4. The molecular formula is C19H22N2. The molecule has 0 aliphatic carbocycles. The number of piperidine rings is 1. The minimum absolute atomic E-state index is 0.881. The summed E-state index contributed by atoms with van der Waals surface area (Å²) in [7, 11) is 0. The molecule has 1 fully saturated rings. The number of nitrogens with zero attached hydrogens (tertiary/aromatic N) is 1. The first kappa shape index (κ1) is 12.9. The van der Waals surface area contributed by atoms with Crippen LogP contribution in [0.5, 0.6) is 0 Å². The van der Waals surface area contributed by atoms with E-state index in [4.69, 9.17) is 0 Å². The number of aryl methyl sites for hydroxylation is 1. The molecule has 21 heavy (non-hydrogen) atoms. The molecule has 2 aromatic carbocycles. The number of hydrogen-bond acceptors (Lipinski definition) is 1. The van der Waals surface area contributed by atoms with Crippen molar-refractivity contribution in [1.82, 2.24) is 9.88 Å². The maximum Gasteiger partial charge on any atom is 0.0491 e. The number of rotatable bonds is 3. The number of benzene rings is 2. The quantitative estimate of drug-likeness (QED) is 0.760. The topological polar surface area (TPSA) is 17.0 Å². The minimum atomic E-state index is 0.881. The van der Waals surface area contributed by atoms with Gasteiger partial charge in [0.25, 0.3) is 0 Å². The van der Waals surface area contributed by atoms with Crippen LogP contribution < -0.4 is 5.32 Å². The Hall–Kier alpha value is -1.80. The van der Waals surface area contributed by atoms with Crippen molar-refractivity contribution < 1.29 is 0 Å². The predicted octanol–water partition coefficient (Wildman–Crippen LogP) is 4.18. The Morgan fingerprint density at radius 2 is 1.43 bits per heavy atom. The molecule has 1 aliphatic rings. The van der Waals surface area contributed by atoms with Crippen molar-refractivity contribution >= 4 is 21.8 Å². The molecule has 1 aliphatic heterocycles. The molecule has 0 radical (unpaired) electrons. The van der Waals surface area contributed by atoms with E-state index in [1.807, 2.05) is 0 Å². The molecule has 4 rings (SSSR count). The van der Waals surface area contributed by atoms with Gasteiger partial charge < -0.3 is 9.88 Å². The van der Waals surface area contributed by atoms with Crippen LogP contribution in [0.25, 0.3) is 21.8 Å². The van der Waals surface area contributed by atoms with E-state index >= 15 is 0 Å².